The molecule has 1 aromatic carbocycles. The van der Waals surface area contributed by atoms with Crippen molar-refractivity contribution in [2.24, 2.45) is 12.0 Å². The Balaban J connectivity index is 2.10. The Morgan fingerprint density at radius 2 is 2.04 bits per heavy atom. The second-order valence-corrected chi connectivity index (χ2v) is 6.04. The van der Waals surface area contributed by atoms with Gasteiger partial charge in [-0.1, -0.05) is 37.3 Å². The molecule has 1 N–H and O–H groups in total. The van der Waals surface area contributed by atoms with Gasteiger partial charge in [-0.3, -0.25) is 9.59 Å². The summed E-state index contributed by atoms with van der Waals surface area (Å²) in [7, 11) is 1.91. The fourth-order valence-electron chi connectivity index (χ4n) is 2.84. The molecule has 0 radical (unpaired) electrons. The number of aryl methyl sites for hydroxylation is 1. The number of esters is 1. The number of rotatable bonds is 4. The molecule has 0 aliphatic carbocycles. The van der Waals surface area contributed by atoms with Crippen LogP contribution in [0.2, 0.25) is 0 Å². The van der Waals surface area contributed by atoms with Gasteiger partial charge < -0.3 is 14.6 Å². The van der Waals surface area contributed by atoms with Gasteiger partial charge in [0.05, 0.1) is 11.4 Å². The van der Waals surface area contributed by atoms with Gasteiger partial charge in [-0.15, -0.1) is 0 Å². The van der Waals surface area contributed by atoms with E-state index in [0.717, 1.165) is 16.8 Å². The largest absolute Gasteiger partial charge is 0.430 e. The molecule has 0 fully saturated rings. The smallest absolute Gasteiger partial charge is 0.308 e. The van der Waals surface area contributed by atoms with Gasteiger partial charge in [-0.2, -0.15) is 0 Å². The lowest BCUT2D eigenvalue weighted by Crippen LogP contribution is -2.30. The number of nitrogens with one attached hydrogen (secondary N) is 1. The second kappa shape index (κ2) is 6.93. The van der Waals surface area contributed by atoms with Crippen LogP contribution >= 0.6 is 0 Å². The van der Waals surface area contributed by atoms with Crippen molar-refractivity contribution in [2.45, 2.75) is 32.9 Å². The van der Waals surface area contributed by atoms with E-state index in [1.807, 2.05) is 62.0 Å². The van der Waals surface area contributed by atoms with Crippen LogP contribution in [0.4, 0.5) is 5.69 Å². The molecule has 6 nitrogen and oxygen atoms in total. The number of aliphatic imine (C=N–C) groups is 1. The Kier molecular flexibility index (Phi) is 4.70. The molecule has 25 heavy (non-hydrogen) atoms. The summed E-state index contributed by atoms with van der Waals surface area (Å²) < 4.78 is 7.24. The van der Waals surface area contributed by atoms with Crippen LogP contribution in [-0.4, -0.2) is 28.4 Å². The maximum absolute atomic E-state index is 12.5. The molecule has 1 atom stereocenters. The summed E-state index contributed by atoms with van der Waals surface area (Å²) in [5, 5.41) is 2.83. The molecule has 2 aromatic rings. The molecule has 1 amide bonds. The Morgan fingerprint density at radius 3 is 2.72 bits per heavy atom. The molecular weight excluding hydrogens is 318 g/mol. The zero-order valence-electron chi connectivity index (χ0n) is 14.6. The normalized spacial score (nSPS) is 16.5. The van der Waals surface area contributed by atoms with Crippen molar-refractivity contribution < 1.29 is 14.3 Å². The van der Waals surface area contributed by atoms with Crippen molar-refractivity contribution in [2.75, 3.05) is 5.32 Å². The summed E-state index contributed by atoms with van der Waals surface area (Å²) in [5.74, 6) is -0.870. The topological polar surface area (TPSA) is 72.7 Å². The molecule has 0 saturated heterocycles. The third-order valence-corrected chi connectivity index (χ3v) is 4.19. The fourth-order valence-corrected chi connectivity index (χ4v) is 2.84. The highest BCUT2D eigenvalue weighted by molar-refractivity contribution is 6.20. The average molecular weight is 339 g/mol. The molecular formula is C19H21N3O3. The lowest BCUT2D eigenvalue weighted by molar-refractivity contribution is -0.153. The van der Waals surface area contributed by atoms with Crippen LogP contribution in [0.3, 0.4) is 0 Å². The number of aromatic nitrogens is 1. The summed E-state index contributed by atoms with van der Waals surface area (Å²) in [4.78, 5) is 28.9. The predicted molar refractivity (Wildman–Crippen MR) is 95.6 cm³/mol. The molecule has 1 aliphatic rings. The maximum Gasteiger partial charge on any atom is 0.308 e. The third-order valence-electron chi connectivity index (χ3n) is 4.19. The van der Waals surface area contributed by atoms with Crippen LogP contribution < -0.4 is 5.32 Å². The van der Waals surface area contributed by atoms with E-state index in [1.54, 1.807) is 0 Å². The second-order valence-electron chi connectivity index (χ2n) is 6.04. The molecule has 0 saturated carbocycles. The number of fused-ring (bicyclic) bond motifs is 1. The van der Waals surface area contributed by atoms with Crippen molar-refractivity contribution in [3.63, 3.8) is 0 Å². The lowest BCUT2D eigenvalue weighted by Gasteiger charge is -2.13. The highest BCUT2D eigenvalue weighted by atomic mass is 16.6. The molecule has 2 heterocycles. The van der Waals surface area contributed by atoms with E-state index in [-0.39, 0.29) is 6.42 Å². The molecule has 1 unspecified atom stereocenters. The Labute approximate surface area is 146 Å². The first-order valence-electron chi connectivity index (χ1n) is 8.31. The van der Waals surface area contributed by atoms with Crippen molar-refractivity contribution in [3.8, 4) is 0 Å². The molecule has 0 spiro atoms. The first-order valence-corrected chi connectivity index (χ1v) is 8.31. The standard InChI is InChI=1S/C19H21N3O3/c1-4-8-15(23)25-19-18(24)20-14-11-22(3)12(2)16(14)17(21-19)13-9-6-5-7-10-13/h5-7,9-11,19H,4,8H2,1-3H3,(H,20,24). The van der Waals surface area contributed by atoms with Gasteiger partial charge in [-0.05, 0) is 13.3 Å². The summed E-state index contributed by atoms with van der Waals surface area (Å²) >= 11 is 0. The monoisotopic (exact) mass is 339 g/mol. The number of anilines is 1. The molecule has 3 rings (SSSR count). The number of hydrogen-bond donors (Lipinski definition) is 1. The van der Waals surface area contributed by atoms with E-state index < -0.39 is 18.1 Å². The summed E-state index contributed by atoms with van der Waals surface area (Å²) in [6.07, 6.45) is 1.57. The molecule has 130 valence electrons. The number of amides is 1. The number of hydrogen-bond acceptors (Lipinski definition) is 4. The summed E-state index contributed by atoms with van der Waals surface area (Å²) in [5.41, 5.74) is 3.99. The van der Waals surface area contributed by atoms with Gasteiger partial charge in [0.15, 0.2) is 0 Å². The van der Waals surface area contributed by atoms with Gasteiger partial charge in [0.25, 0.3) is 12.1 Å². The van der Waals surface area contributed by atoms with E-state index in [4.69, 9.17) is 4.74 Å². The third kappa shape index (κ3) is 3.33. The van der Waals surface area contributed by atoms with Crippen LogP contribution in [0.25, 0.3) is 0 Å². The van der Waals surface area contributed by atoms with Crippen molar-refractivity contribution in [1.82, 2.24) is 4.57 Å². The van der Waals surface area contributed by atoms with Gasteiger partial charge in [-0.25, -0.2) is 4.99 Å². The number of benzene rings is 1. The highest BCUT2D eigenvalue weighted by Gasteiger charge is 2.30. The van der Waals surface area contributed by atoms with Crippen LogP contribution in [0.15, 0.2) is 41.5 Å². The number of carbonyl (C=O) groups is 2. The van der Waals surface area contributed by atoms with Gasteiger partial charge in [0.2, 0.25) is 0 Å². The first kappa shape index (κ1) is 17.0. The predicted octanol–water partition coefficient (Wildman–Crippen LogP) is 2.79. The Morgan fingerprint density at radius 1 is 1.32 bits per heavy atom. The average Bonchev–Trinajstić information content (AvgIpc) is 2.78. The van der Waals surface area contributed by atoms with E-state index in [9.17, 15) is 9.59 Å². The fraction of sp³-hybridized carbons (Fsp3) is 0.316. The number of nitrogens with zero attached hydrogens (tertiary/aromatic N) is 2. The zero-order chi connectivity index (χ0) is 18.0. The SMILES string of the molecule is CCCC(=O)OC1N=C(c2ccccc2)c2c(cn(C)c2C)NC1=O. The summed E-state index contributed by atoms with van der Waals surface area (Å²) in [6, 6.07) is 9.59. The minimum atomic E-state index is -1.19. The Bertz CT molecular complexity index is 837. The molecule has 0 bridgehead atoms. The minimum absolute atomic E-state index is 0.257. The number of carbonyl (C=O) groups excluding carboxylic acids is 2. The minimum Gasteiger partial charge on any atom is -0.430 e. The van der Waals surface area contributed by atoms with Gasteiger partial charge in [0.1, 0.15) is 0 Å². The molecule has 1 aliphatic heterocycles. The van der Waals surface area contributed by atoms with Crippen LogP contribution in [0.1, 0.15) is 36.6 Å². The quantitative estimate of drug-likeness (QED) is 0.871. The first-order chi connectivity index (χ1) is 12.0. The van der Waals surface area contributed by atoms with E-state index in [1.165, 1.54) is 0 Å². The van der Waals surface area contributed by atoms with Gasteiger partial charge in [0, 0.05) is 36.5 Å². The lowest BCUT2D eigenvalue weighted by atomic mass is 10.0. The maximum atomic E-state index is 12.5. The van der Waals surface area contributed by atoms with Crippen LogP contribution in [0, 0.1) is 6.92 Å². The summed E-state index contributed by atoms with van der Waals surface area (Å²) in [6.45, 7) is 3.85. The van der Waals surface area contributed by atoms with E-state index >= 15 is 0 Å². The number of ether oxygens (including phenoxy) is 1. The Hall–Kier alpha value is -2.89. The molecule has 1 aromatic heterocycles. The van der Waals surface area contributed by atoms with Crippen molar-refractivity contribution in [3.05, 3.63) is 53.3 Å². The van der Waals surface area contributed by atoms with E-state index in [2.05, 4.69) is 10.3 Å². The highest BCUT2D eigenvalue weighted by Crippen LogP contribution is 2.28. The van der Waals surface area contributed by atoms with Crippen LogP contribution in [0.5, 0.6) is 0 Å². The molecule has 6 heteroatoms. The van der Waals surface area contributed by atoms with Crippen molar-refractivity contribution in [1.29, 1.82) is 0 Å². The van der Waals surface area contributed by atoms with Crippen LogP contribution in [-0.2, 0) is 21.4 Å². The van der Waals surface area contributed by atoms with E-state index in [0.29, 0.717) is 17.8 Å². The van der Waals surface area contributed by atoms with Crippen molar-refractivity contribution >= 4 is 23.3 Å². The zero-order valence-corrected chi connectivity index (χ0v) is 14.6. The van der Waals surface area contributed by atoms with Gasteiger partial charge >= 0.3 is 5.97 Å².